The first kappa shape index (κ1) is 14.5. The molecule has 2 heteroatoms. The maximum atomic E-state index is 10.1. The second-order valence-electron chi connectivity index (χ2n) is 5.85. The molecule has 0 aromatic rings. The maximum absolute atomic E-state index is 10.1. The van der Waals surface area contributed by atoms with Gasteiger partial charge in [-0.2, -0.15) is 0 Å². The topological polar surface area (TPSA) is 40.5 Å². The molecule has 1 aliphatic carbocycles. The van der Waals surface area contributed by atoms with Gasteiger partial charge in [0.1, 0.15) is 0 Å². The first-order valence-corrected chi connectivity index (χ1v) is 6.49. The van der Waals surface area contributed by atoms with E-state index in [0.29, 0.717) is 12.3 Å². The van der Waals surface area contributed by atoms with Crippen LogP contribution in [0.25, 0.3) is 0 Å². The van der Waals surface area contributed by atoms with Crippen LogP contribution in [-0.4, -0.2) is 21.9 Å². The quantitative estimate of drug-likeness (QED) is 0.723. The van der Waals surface area contributed by atoms with Crippen molar-refractivity contribution < 1.29 is 10.2 Å². The lowest BCUT2D eigenvalue weighted by Crippen LogP contribution is -2.29. The van der Waals surface area contributed by atoms with Crippen molar-refractivity contribution >= 4 is 0 Å². The van der Waals surface area contributed by atoms with Crippen LogP contribution in [0.2, 0.25) is 0 Å². The standard InChI is InChI=1S/C15H26O2/c1-10(2)14(16)7-6-11(3)13-8-9-15(5,17)12(13)4/h12-14,16-17H,1,3,6-9H2,2,4-5H3/t12-,13+,14+,15+/m0/s1. The van der Waals surface area contributed by atoms with Gasteiger partial charge in [-0.1, -0.05) is 31.2 Å². The van der Waals surface area contributed by atoms with Crippen molar-refractivity contribution in [2.24, 2.45) is 11.8 Å². The largest absolute Gasteiger partial charge is 0.390 e. The lowest BCUT2D eigenvalue weighted by Gasteiger charge is -2.27. The second-order valence-corrected chi connectivity index (χ2v) is 5.85. The van der Waals surface area contributed by atoms with Crippen LogP contribution in [0, 0.1) is 11.8 Å². The van der Waals surface area contributed by atoms with Gasteiger partial charge < -0.3 is 10.2 Å². The molecule has 0 unspecified atom stereocenters. The van der Waals surface area contributed by atoms with Crippen molar-refractivity contribution in [3.63, 3.8) is 0 Å². The molecule has 2 nitrogen and oxygen atoms in total. The molecule has 0 saturated heterocycles. The van der Waals surface area contributed by atoms with Crippen LogP contribution in [-0.2, 0) is 0 Å². The molecular formula is C15H26O2. The Kier molecular flexibility index (Phi) is 4.56. The summed E-state index contributed by atoms with van der Waals surface area (Å²) in [5, 5.41) is 19.8. The molecule has 0 amide bonds. The van der Waals surface area contributed by atoms with Gasteiger partial charge in [0.15, 0.2) is 0 Å². The highest BCUT2D eigenvalue weighted by molar-refractivity contribution is 5.10. The van der Waals surface area contributed by atoms with Crippen molar-refractivity contribution in [2.45, 2.75) is 58.2 Å². The molecule has 0 heterocycles. The van der Waals surface area contributed by atoms with E-state index in [-0.39, 0.29) is 5.92 Å². The van der Waals surface area contributed by atoms with E-state index in [1.165, 1.54) is 0 Å². The summed E-state index contributed by atoms with van der Waals surface area (Å²) in [5.74, 6) is 0.652. The van der Waals surface area contributed by atoms with Crippen LogP contribution in [0.3, 0.4) is 0 Å². The summed E-state index contributed by atoms with van der Waals surface area (Å²) in [6.45, 7) is 13.7. The van der Waals surface area contributed by atoms with E-state index in [1.807, 2.05) is 13.8 Å². The first-order valence-electron chi connectivity index (χ1n) is 6.49. The zero-order valence-corrected chi connectivity index (χ0v) is 11.4. The highest BCUT2D eigenvalue weighted by atomic mass is 16.3. The van der Waals surface area contributed by atoms with E-state index in [2.05, 4.69) is 20.1 Å². The van der Waals surface area contributed by atoms with E-state index in [9.17, 15) is 10.2 Å². The van der Waals surface area contributed by atoms with Crippen molar-refractivity contribution in [3.05, 3.63) is 24.3 Å². The maximum Gasteiger partial charge on any atom is 0.0747 e. The van der Waals surface area contributed by atoms with Gasteiger partial charge >= 0.3 is 0 Å². The van der Waals surface area contributed by atoms with Crippen LogP contribution < -0.4 is 0 Å². The number of hydrogen-bond acceptors (Lipinski definition) is 2. The normalized spacial score (nSPS) is 34.6. The fraction of sp³-hybridized carbons (Fsp3) is 0.733. The molecule has 98 valence electrons. The SMILES string of the molecule is C=C(C)[C@H](O)CCC(=C)[C@H]1CC[C@@](C)(O)[C@H]1C. The summed E-state index contributed by atoms with van der Waals surface area (Å²) < 4.78 is 0. The van der Waals surface area contributed by atoms with E-state index in [1.54, 1.807) is 0 Å². The van der Waals surface area contributed by atoms with Gasteiger partial charge in [0.05, 0.1) is 11.7 Å². The Morgan fingerprint density at radius 2 is 2.06 bits per heavy atom. The van der Waals surface area contributed by atoms with Gasteiger partial charge in [-0.3, -0.25) is 0 Å². The van der Waals surface area contributed by atoms with Crippen LogP contribution in [0.4, 0.5) is 0 Å². The molecule has 4 atom stereocenters. The summed E-state index contributed by atoms with van der Waals surface area (Å²) >= 11 is 0. The Bertz CT molecular complexity index is 304. The van der Waals surface area contributed by atoms with Crippen LogP contribution >= 0.6 is 0 Å². The second kappa shape index (κ2) is 5.36. The van der Waals surface area contributed by atoms with Crippen LogP contribution in [0.1, 0.15) is 46.5 Å². The third-order valence-corrected chi connectivity index (χ3v) is 4.38. The van der Waals surface area contributed by atoms with Crippen LogP contribution in [0.15, 0.2) is 24.3 Å². The third-order valence-electron chi connectivity index (χ3n) is 4.38. The Balaban J connectivity index is 2.47. The minimum atomic E-state index is -0.555. The van der Waals surface area contributed by atoms with Crippen LogP contribution in [0.5, 0.6) is 0 Å². The van der Waals surface area contributed by atoms with E-state index in [4.69, 9.17) is 0 Å². The molecule has 2 N–H and O–H groups in total. The predicted molar refractivity (Wildman–Crippen MR) is 71.7 cm³/mol. The lowest BCUT2D eigenvalue weighted by molar-refractivity contribution is 0.0213. The number of allylic oxidation sites excluding steroid dienone is 1. The molecule has 0 aliphatic heterocycles. The summed E-state index contributed by atoms with van der Waals surface area (Å²) in [5.41, 5.74) is 1.42. The smallest absolute Gasteiger partial charge is 0.0747 e. The van der Waals surface area contributed by atoms with Gasteiger partial charge in [0.25, 0.3) is 0 Å². The molecule has 17 heavy (non-hydrogen) atoms. The molecular weight excluding hydrogens is 212 g/mol. The number of aliphatic hydroxyl groups is 2. The molecule has 1 fully saturated rings. The minimum Gasteiger partial charge on any atom is -0.390 e. The van der Waals surface area contributed by atoms with Gasteiger partial charge in [-0.25, -0.2) is 0 Å². The monoisotopic (exact) mass is 238 g/mol. The molecule has 1 rings (SSSR count). The Hall–Kier alpha value is -0.600. The number of hydrogen-bond donors (Lipinski definition) is 2. The average Bonchev–Trinajstić information content (AvgIpc) is 2.50. The predicted octanol–water partition coefficient (Wildman–Crippen LogP) is 3.06. The van der Waals surface area contributed by atoms with Gasteiger partial charge in [-0.15, -0.1) is 0 Å². The average molecular weight is 238 g/mol. The third kappa shape index (κ3) is 3.43. The molecule has 0 bridgehead atoms. The summed E-state index contributed by atoms with van der Waals surface area (Å²) in [6.07, 6.45) is 2.94. The van der Waals surface area contributed by atoms with E-state index >= 15 is 0 Å². The van der Waals surface area contributed by atoms with Crippen molar-refractivity contribution in [1.29, 1.82) is 0 Å². The zero-order valence-electron chi connectivity index (χ0n) is 11.4. The van der Waals surface area contributed by atoms with Gasteiger partial charge in [0.2, 0.25) is 0 Å². The van der Waals surface area contributed by atoms with Crippen molar-refractivity contribution in [2.75, 3.05) is 0 Å². The lowest BCUT2D eigenvalue weighted by atomic mass is 9.83. The molecule has 0 aromatic heterocycles. The highest BCUT2D eigenvalue weighted by Crippen LogP contribution is 2.44. The van der Waals surface area contributed by atoms with E-state index in [0.717, 1.165) is 30.4 Å². The molecule has 0 aromatic carbocycles. The number of rotatable bonds is 5. The Morgan fingerprint density at radius 3 is 2.47 bits per heavy atom. The first-order chi connectivity index (χ1) is 7.75. The fourth-order valence-electron chi connectivity index (χ4n) is 2.67. The molecule has 0 radical (unpaired) electrons. The highest BCUT2D eigenvalue weighted by Gasteiger charge is 2.41. The Labute approximate surface area is 105 Å². The summed E-state index contributed by atoms with van der Waals surface area (Å²) in [4.78, 5) is 0. The Morgan fingerprint density at radius 1 is 1.47 bits per heavy atom. The fourth-order valence-corrected chi connectivity index (χ4v) is 2.67. The number of aliphatic hydroxyl groups excluding tert-OH is 1. The van der Waals surface area contributed by atoms with Gasteiger partial charge in [0, 0.05) is 0 Å². The van der Waals surface area contributed by atoms with Gasteiger partial charge in [-0.05, 0) is 51.4 Å². The summed E-state index contributed by atoms with van der Waals surface area (Å²) in [7, 11) is 0. The molecule has 1 aliphatic rings. The van der Waals surface area contributed by atoms with Crippen molar-refractivity contribution in [1.82, 2.24) is 0 Å². The summed E-state index contributed by atoms with van der Waals surface area (Å²) in [6, 6.07) is 0. The molecule has 0 spiro atoms. The molecule has 1 saturated carbocycles. The zero-order chi connectivity index (χ0) is 13.2. The minimum absolute atomic E-state index is 0.261. The van der Waals surface area contributed by atoms with Crippen molar-refractivity contribution in [3.8, 4) is 0 Å². The van der Waals surface area contributed by atoms with E-state index < -0.39 is 11.7 Å².